The van der Waals surface area contributed by atoms with E-state index in [1.165, 1.54) is 16.7 Å². The second-order valence-corrected chi connectivity index (χ2v) is 14.9. The van der Waals surface area contributed by atoms with Gasteiger partial charge in [0.2, 0.25) is 0 Å². The highest BCUT2D eigenvalue weighted by Crippen LogP contribution is 2.50. The highest BCUT2D eigenvalue weighted by atomic mass is 31.0. The average Bonchev–Trinajstić information content (AvgIpc) is 3.43. The van der Waals surface area contributed by atoms with E-state index in [1.54, 1.807) is 6.33 Å². The first kappa shape index (κ1) is 30.1. The number of hydrogen-bond acceptors (Lipinski definition) is 5. The number of carbonyl (C=O) groups excluding carboxylic acids is 1. The SMILES string of the molecule is BC(B)(P)c1cc(CN2CCOCC(CC)C2)cc2c1CN(c1cccc(C3(Cc4nncn4C)CC(C#C)C3)c1)C2=O. The summed E-state index contributed by atoms with van der Waals surface area (Å²) in [4.78, 5) is 18.4. The van der Waals surface area contributed by atoms with Gasteiger partial charge in [0.05, 0.1) is 19.8 Å². The molecule has 1 aromatic heterocycles. The van der Waals surface area contributed by atoms with Crippen LogP contribution >= 0.6 is 9.24 Å². The number of benzene rings is 2. The molecule has 3 heterocycles. The molecule has 0 bridgehead atoms. The summed E-state index contributed by atoms with van der Waals surface area (Å²) in [5.41, 5.74) is 6.42. The number of terminal acetylenes is 1. The van der Waals surface area contributed by atoms with Crippen molar-refractivity contribution in [3.8, 4) is 12.3 Å². The minimum atomic E-state index is -0.164. The third-order valence-electron chi connectivity index (χ3n) is 9.78. The molecule has 1 amide bonds. The van der Waals surface area contributed by atoms with Gasteiger partial charge in [-0.25, -0.2) is 0 Å². The summed E-state index contributed by atoms with van der Waals surface area (Å²) < 4.78 is 7.85. The van der Waals surface area contributed by atoms with E-state index >= 15 is 0 Å². The zero-order valence-corrected chi connectivity index (χ0v) is 27.1. The van der Waals surface area contributed by atoms with Crippen LogP contribution in [0.5, 0.6) is 0 Å². The van der Waals surface area contributed by atoms with Gasteiger partial charge in [-0.05, 0) is 70.6 Å². The van der Waals surface area contributed by atoms with Gasteiger partial charge in [0, 0.05) is 55.7 Å². The molecule has 0 radical (unpaired) electrons. The van der Waals surface area contributed by atoms with Gasteiger partial charge in [-0.3, -0.25) is 9.69 Å². The number of rotatable bonds is 8. The maximum absolute atomic E-state index is 14.2. The summed E-state index contributed by atoms with van der Waals surface area (Å²) in [5, 5.41) is 8.48. The Morgan fingerprint density at radius 2 is 2.07 bits per heavy atom. The van der Waals surface area contributed by atoms with E-state index < -0.39 is 0 Å². The molecule has 6 rings (SSSR count). The van der Waals surface area contributed by atoms with E-state index in [1.807, 2.05) is 16.5 Å². The van der Waals surface area contributed by atoms with E-state index in [0.29, 0.717) is 12.5 Å². The molecular formula is C33H42B2N5O2P. The summed E-state index contributed by atoms with van der Waals surface area (Å²) in [5.74, 6) is 4.78. The predicted molar refractivity (Wildman–Crippen MR) is 180 cm³/mol. The number of anilines is 1. The van der Waals surface area contributed by atoms with Crippen molar-refractivity contribution in [2.45, 2.75) is 56.1 Å². The standard InChI is InChI=1S/C33H42B2N5O2P/c1-4-22-14-32(15-22,16-30-37-36-21-38(30)3)25-7-6-8-26(13-25)40-19-28-27(31(40)41)11-24(12-29(28)33(34,35)43)18-39-9-10-42-20-23(5-2)17-39/h1,6-8,11-13,21-23H,5,9-10,14-20,34-35,43H2,2-3H3. The smallest absolute Gasteiger partial charge is 0.258 e. The van der Waals surface area contributed by atoms with Crippen molar-refractivity contribution < 1.29 is 9.53 Å². The number of nitrogens with zero attached hydrogens (tertiary/aromatic N) is 5. The topological polar surface area (TPSA) is 63.5 Å². The van der Waals surface area contributed by atoms with Gasteiger partial charge in [0.1, 0.15) is 27.8 Å². The van der Waals surface area contributed by atoms with Gasteiger partial charge in [0.15, 0.2) is 0 Å². The molecule has 0 spiro atoms. The Bertz CT molecular complexity index is 1560. The number of aromatic nitrogens is 3. The number of hydrogen-bond donors (Lipinski definition) is 0. The third-order valence-corrected chi connectivity index (χ3v) is 10.1. The van der Waals surface area contributed by atoms with Crippen LogP contribution in [0, 0.1) is 24.2 Å². The maximum atomic E-state index is 14.2. The molecule has 3 aromatic rings. The largest absolute Gasteiger partial charge is 0.380 e. The fourth-order valence-electron chi connectivity index (χ4n) is 7.20. The summed E-state index contributed by atoms with van der Waals surface area (Å²) in [6, 6.07) is 13.0. The molecular weight excluding hydrogens is 551 g/mol. The number of amides is 1. The summed E-state index contributed by atoms with van der Waals surface area (Å²) >= 11 is 0. The van der Waals surface area contributed by atoms with Crippen LogP contribution in [0.3, 0.4) is 0 Å². The minimum absolute atomic E-state index is 0.0765. The van der Waals surface area contributed by atoms with Crippen LogP contribution in [0.1, 0.15) is 64.6 Å². The number of carbonyl (C=O) groups is 1. The van der Waals surface area contributed by atoms with Crippen molar-refractivity contribution in [3.05, 3.63) is 76.4 Å². The first-order chi connectivity index (χ1) is 20.6. The summed E-state index contributed by atoms with van der Waals surface area (Å²) in [6.45, 7) is 7.16. The fraction of sp³-hybridized carbons (Fsp3) is 0.485. The normalized spacial score (nSPS) is 24.3. The summed E-state index contributed by atoms with van der Waals surface area (Å²) in [7, 11) is 9.42. The van der Waals surface area contributed by atoms with Crippen molar-refractivity contribution in [1.82, 2.24) is 19.7 Å². The predicted octanol–water partition coefficient (Wildman–Crippen LogP) is 2.61. The Morgan fingerprint density at radius 3 is 2.77 bits per heavy atom. The van der Waals surface area contributed by atoms with Crippen molar-refractivity contribution in [1.29, 1.82) is 0 Å². The van der Waals surface area contributed by atoms with E-state index in [2.05, 4.69) is 89.3 Å². The molecule has 2 aromatic carbocycles. The van der Waals surface area contributed by atoms with E-state index in [-0.39, 0.29) is 22.2 Å². The Kier molecular flexibility index (Phi) is 8.33. The quantitative estimate of drug-likeness (QED) is 0.229. The van der Waals surface area contributed by atoms with Crippen molar-refractivity contribution in [2.24, 2.45) is 18.9 Å². The molecule has 2 fully saturated rings. The van der Waals surface area contributed by atoms with Gasteiger partial charge < -0.3 is 14.2 Å². The molecule has 2 atom stereocenters. The Hall–Kier alpha value is -2.91. The molecule has 1 aliphatic carbocycles. The first-order valence-corrected chi connectivity index (χ1v) is 16.1. The molecule has 222 valence electrons. The van der Waals surface area contributed by atoms with E-state index in [0.717, 1.165) is 81.2 Å². The minimum Gasteiger partial charge on any atom is -0.380 e. The number of ether oxygens (including phenoxy) is 1. The maximum Gasteiger partial charge on any atom is 0.258 e. The van der Waals surface area contributed by atoms with Gasteiger partial charge >= 0.3 is 0 Å². The molecule has 3 aliphatic rings. The number of fused-ring (bicyclic) bond motifs is 1. The average molecular weight is 593 g/mol. The van der Waals surface area contributed by atoms with E-state index in [4.69, 9.17) is 11.2 Å². The monoisotopic (exact) mass is 593 g/mol. The second kappa shape index (κ2) is 11.9. The van der Waals surface area contributed by atoms with Crippen molar-refractivity contribution in [3.63, 3.8) is 0 Å². The molecule has 1 saturated heterocycles. The lowest BCUT2D eigenvalue weighted by Gasteiger charge is -2.46. The third kappa shape index (κ3) is 5.95. The van der Waals surface area contributed by atoms with Gasteiger partial charge in [0.25, 0.3) is 5.91 Å². The van der Waals surface area contributed by atoms with Crippen LogP contribution in [-0.2, 0) is 41.7 Å². The lowest BCUT2D eigenvalue weighted by molar-refractivity contribution is 0.0996. The first-order valence-electron chi connectivity index (χ1n) is 15.6. The van der Waals surface area contributed by atoms with Crippen LogP contribution < -0.4 is 4.90 Å². The van der Waals surface area contributed by atoms with E-state index in [9.17, 15) is 4.79 Å². The van der Waals surface area contributed by atoms with Gasteiger partial charge in [-0.2, -0.15) is 0 Å². The molecule has 0 N–H and O–H groups in total. The zero-order chi connectivity index (χ0) is 30.4. The van der Waals surface area contributed by atoms with Crippen LogP contribution in [0.2, 0.25) is 0 Å². The zero-order valence-electron chi connectivity index (χ0n) is 26.0. The lowest BCUT2D eigenvalue weighted by Crippen LogP contribution is -2.43. The lowest BCUT2D eigenvalue weighted by atomic mass is 9.57. The fourth-order valence-corrected chi connectivity index (χ4v) is 7.46. The Balaban J connectivity index is 1.31. The van der Waals surface area contributed by atoms with Crippen LogP contribution in [0.15, 0.2) is 42.7 Å². The van der Waals surface area contributed by atoms with Gasteiger partial charge in [-0.15, -0.1) is 31.8 Å². The molecule has 2 aliphatic heterocycles. The van der Waals surface area contributed by atoms with Crippen LogP contribution in [0.25, 0.3) is 0 Å². The van der Waals surface area contributed by atoms with Crippen molar-refractivity contribution >= 4 is 36.5 Å². The van der Waals surface area contributed by atoms with Crippen LogP contribution in [-0.4, -0.2) is 67.6 Å². The van der Waals surface area contributed by atoms with Crippen LogP contribution in [0.4, 0.5) is 5.69 Å². The molecule has 1 saturated carbocycles. The number of aryl methyl sites for hydroxylation is 1. The highest BCUT2D eigenvalue weighted by molar-refractivity contribution is 7.25. The van der Waals surface area contributed by atoms with Gasteiger partial charge in [-0.1, -0.05) is 25.1 Å². The molecule has 2 unspecified atom stereocenters. The molecule has 10 heteroatoms. The molecule has 7 nitrogen and oxygen atoms in total. The molecule has 43 heavy (non-hydrogen) atoms. The highest BCUT2D eigenvalue weighted by Gasteiger charge is 2.46. The summed E-state index contributed by atoms with van der Waals surface area (Å²) in [6.07, 6.45) is 11.3. The Morgan fingerprint density at radius 1 is 1.26 bits per heavy atom. The Labute approximate surface area is 260 Å². The second-order valence-electron chi connectivity index (χ2n) is 13.5. The van der Waals surface area contributed by atoms with Crippen molar-refractivity contribution in [2.75, 3.05) is 31.2 Å².